The predicted octanol–water partition coefficient (Wildman–Crippen LogP) is 3.66. The van der Waals surface area contributed by atoms with Crippen molar-refractivity contribution >= 4 is 16.9 Å². The minimum atomic E-state index is 0.108. The van der Waals surface area contributed by atoms with Gasteiger partial charge in [-0.2, -0.15) is 5.10 Å². The quantitative estimate of drug-likeness (QED) is 0.846. The molecule has 0 radical (unpaired) electrons. The number of carbonyl (C=O) groups is 1. The number of carbonyl (C=O) groups excluding carboxylic acids is 1. The van der Waals surface area contributed by atoms with Crippen molar-refractivity contribution in [2.45, 2.75) is 52.0 Å². The Morgan fingerprint density at radius 3 is 2.54 bits per heavy atom. The summed E-state index contributed by atoms with van der Waals surface area (Å²) in [6.45, 7) is 6.15. The summed E-state index contributed by atoms with van der Waals surface area (Å²) in [5, 5.41) is 5.52. The van der Waals surface area contributed by atoms with Gasteiger partial charge in [0, 0.05) is 24.7 Å². The van der Waals surface area contributed by atoms with E-state index < -0.39 is 0 Å². The maximum absolute atomic E-state index is 12.9. The molecule has 0 bridgehead atoms. The van der Waals surface area contributed by atoms with Gasteiger partial charge in [0.1, 0.15) is 0 Å². The molecule has 0 spiro atoms. The van der Waals surface area contributed by atoms with Crippen molar-refractivity contribution < 1.29 is 4.79 Å². The number of hydrogen-bond donors (Lipinski definition) is 0. The normalized spacial score (nSPS) is 25.5. The molecule has 2 unspecified atom stereocenters. The van der Waals surface area contributed by atoms with Crippen LogP contribution in [0.2, 0.25) is 0 Å². The lowest BCUT2D eigenvalue weighted by molar-refractivity contribution is 0.0623. The van der Waals surface area contributed by atoms with Gasteiger partial charge in [0.25, 0.3) is 5.91 Å². The molecule has 1 saturated heterocycles. The molecule has 3 heterocycles. The van der Waals surface area contributed by atoms with Crippen LogP contribution in [0, 0.1) is 11.8 Å². The molecule has 5 nitrogen and oxygen atoms in total. The van der Waals surface area contributed by atoms with Crippen molar-refractivity contribution in [3.8, 4) is 0 Å². The van der Waals surface area contributed by atoms with Gasteiger partial charge < -0.3 is 4.90 Å². The van der Waals surface area contributed by atoms with Gasteiger partial charge in [-0.15, -0.1) is 0 Å². The number of fused-ring (bicyclic) bond motifs is 1. The molecule has 2 atom stereocenters. The summed E-state index contributed by atoms with van der Waals surface area (Å²) in [7, 11) is 0. The Kier molecular flexibility index (Phi) is 4.02. The monoisotopic (exact) mass is 326 g/mol. The van der Waals surface area contributed by atoms with Gasteiger partial charge in [0.05, 0.1) is 17.8 Å². The molecule has 2 aromatic rings. The molecule has 0 N–H and O–H groups in total. The van der Waals surface area contributed by atoms with Crippen LogP contribution in [0.25, 0.3) is 11.0 Å². The first kappa shape index (κ1) is 15.6. The maximum Gasteiger partial charge on any atom is 0.255 e. The molecule has 128 valence electrons. The van der Waals surface area contributed by atoms with Crippen molar-refractivity contribution in [1.29, 1.82) is 0 Å². The lowest BCUT2D eigenvalue weighted by Gasteiger charge is -2.35. The van der Waals surface area contributed by atoms with Gasteiger partial charge in [0.15, 0.2) is 5.65 Å². The molecule has 1 saturated carbocycles. The van der Waals surface area contributed by atoms with E-state index in [2.05, 4.69) is 28.6 Å². The van der Waals surface area contributed by atoms with E-state index in [0.717, 1.165) is 24.1 Å². The summed E-state index contributed by atoms with van der Waals surface area (Å²) in [4.78, 5) is 19.4. The minimum Gasteiger partial charge on any atom is -0.338 e. The molecule has 2 fully saturated rings. The Hall–Kier alpha value is -1.91. The van der Waals surface area contributed by atoms with Crippen LogP contribution in [0.4, 0.5) is 0 Å². The molecular formula is C19H26N4O. The molecule has 0 aromatic carbocycles. The minimum absolute atomic E-state index is 0.108. The van der Waals surface area contributed by atoms with E-state index in [1.807, 2.05) is 17.2 Å². The van der Waals surface area contributed by atoms with Crippen LogP contribution in [0.5, 0.6) is 0 Å². The fraction of sp³-hybridized carbons (Fsp3) is 0.632. The highest BCUT2D eigenvalue weighted by molar-refractivity contribution is 5.96. The number of aromatic nitrogens is 3. The molecule has 24 heavy (non-hydrogen) atoms. The fourth-order valence-corrected chi connectivity index (χ4v) is 4.48. The van der Waals surface area contributed by atoms with E-state index in [-0.39, 0.29) is 5.91 Å². The number of rotatable bonds is 2. The first-order chi connectivity index (χ1) is 11.6. The average Bonchev–Trinajstić information content (AvgIpc) is 3.21. The van der Waals surface area contributed by atoms with Crippen LogP contribution in [0.3, 0.4) is 0 Å². The second-order valence-corrected chi connectivity index (χ2v) is 7.82. The Morgan fingerprint density at radius 2 is 1.83 bits per heavy atom. The Bertz CT molecular complexity index is 737. The number of piperidine rings is 1. The number of amides is 1. The Balaban J connectivity index is 1.59. The standard InChI is InChI=1S/C19H26N4O/c1-13-7-14(2)12-22(11-13)19(24)16-8-15-10-21-23(18(15)20-9-16)17-5-3-4-6-17/h8-10,13-14,17H,3-7,11-12H2,1-2H3. The van der Waals surface area contributed by atoms with E-state index in [1.54, 1.807) is 6.20 Å². The number of likely N-dealkylation sites (tertiary alicyclic amines) is 1. The lowest BCUT2D eigenvalue weighted by Crippen LogP contribution is -2.42. The summed E-state index contributed by atoms with van der Waals surface area (Å²) in [6, 6.07) is 2.44. The SMILES string of the molecule is CC1CC(C)CN(C(=O)c2cnc3c(cnn3C3CCCC3)c2)C1. The van der Waals surface area contributed by atoms with Gasteiger partial charge >= 0.3 is 0 Å². The third-order valence-electron chi connectivity index (χ3n) is 5.51. The molecule has 2 aliphatic rings. The number of hydrogen-bond acceptors (Lipinski definition) is 3. The highest BCUT2D eigenvalue weighted by Crippen LogP contribution is 2.31. The van der Waals surface area contributed by atoms with E-state index in [1.165, 1.54) is 32.1 Å². The lowest BCUT2D eigenvalue weighted by atomic mass is 9.91. The summed E-state index contributed by atoms with van der Waals surface area (Å²) in [6.07, 6.45) is 9.71. The van der Waals surface area contributed by atoms with Crippen LogP contribution in [0.15, 0.2) is 18.5 Å². The molecule has 2 aromatic heterocycles. The average molecular weight is 326 g/mol. The predicted molar refractivity (Wildman–Crippen MR) is 93.9 cm³/mol. The van der Waals surface area contributed by atoms with Crippen molar-refractivity contribution in [2.75, 3.05) is 13.1 Å². The van der Waals surface area contributed by atoms with Gasteiger partial charge in [-0.25, -0.2) is 9.67 Å². The van der Waals surface area contributed by atoms with Crippen molar-refractivity contribution in [2.24, 2.45) is 11.8 Å². The highest BCUT2D eigenvalue weighted by Gasteiger charge is 2.27. The molecule has 5 heteroatoms. The molecule has 1 amide bonds. The van der Waals surface area contributed by atoms with Crippen LogP contribution in [-0.2, 0) is 0 Å². The first-order valence-corrected chi connectivity index (χ1v) is 9.24. The first-order valence-electron chi connectivity index (χ1n) is 9.24. The van der Waals surface area contributed by atoms with E-state index in [4.69, 9.17) is 0 Å². The summed E-state index contributed by atoms with van der Waals surface area (Å²) in [5.41, 5.74) is 1.61. The van der Waals surface area contributed by atoms with E-state index in [0.29, 0.717) is 23.4 Å². The van der Waals surface area contributed by atoms with Gasteiger partial charge in [-0.1, -0.05) is 26.7 Å². The van der Waals surface area contributed by atoms with Gasteiger partial charge in [-0.05, 0) is 37.2 Å². The van der Waals surface area contributed by atoms with Crippen LogP contribution >= 0.6 is 0 Å². The van der Waals surface area contributed by atoms with Crippen molar-refractivity contribution in [1.82, 2.24) is 19.7 Å². The second kappa shape index (κ2) is 6.19. The summed E-state index contributed by atoms with van der Waals surface area (Å²) in [5.74, 6) is 1.25. The molecule has 4 rings (SSSR count). The molecule has 1 aliphatic heterocycles. The number of nitrogens with zero attached hydrogens (tertiary/aromatic N) is 4. The van der Waals surface area contributed by atoms with Crippen molar-refractivity contribution in [3.05, 3.63) is 24.0 Å². The highest BCUT2D eigenvalue weighted by atomic mass is 16.2. The summed E-state index contributed by atoms with van der Waals surface area (Å²) >= 11 is 0. The van der Waals surface area contributed by atoms with Crippen molar-refractivity contribution in [3.63, 3.8) is 0 Å². The zero-order chi connectivity index (χ0) is 16.7. The van der Waals surface area contributed by atoms with Gasteiger partial charge in [-0.3, -0.25) is 4.79 Å². The maximum atomic E-state index is 12.9. The third-order valence-corrected chi connectivity index (χ3v) is 5.51. The Labute approximate surface area is 143 Å². The third kappa shape index (κ3) is 2.80. The zero-order valence-corrected chi connectivity index (χ0v) is 14.6. The zero-order valence-electron chi connectivity index (χ0n) is 14.6. The van der Waals surface area contributed by atoms with Crippen LogP contribution in [0.1, 0.15) is 62.4 Å². The van der Waals surface area contributed by atoms with Crippen LogP contribution in [-0.4, -0.2) is 38.7 Å². The Morgan fingerprint density at radius 1 is 1.12 bits per heavy atom. The smallest absolute Gasteiger partial charge is 0.255 e. The topological polar surface area (TPSA) is 51.0 Å². The second-order valence-electron chi connectivity index (χ2n) is 7.82. The largest absolute Gasteiger partial charge is 0.338 e. The van der Waals surface area contributed by atoms with E-state index >= 15 is 0 Å². The fourth-order valence-electron chi connectivity index (χ4n) is 4.48. The van der Waals surface area contributed by atoms with Gasteiger partial charge in [0.2, 0.25) is 0 Å². The summed E-state index contributed by atoms with van der Waals surface area (Å²) < 4.78 is 2.06. The van der Waals surface area contributed by atoms with Crippen LogP contribution < -0.4 is 0 Å². The number of pyridine rings is 1. The molecule has 1 aliphatic carbocycles. The van der Waals surface area contributed by atoms with E-state index in [9.17, 15) is 4.79 Å². The molecular weight excluding hydrogens is 300 g/mol.